The van der Waals surface area contributed by atoms with Gasteiger partial charge in [-0.2, -0.15) is 0 Å². The summed E-state index contributed by atoms with van der Waals surface area (Å²) in [5.41, 5.74) is 1.02. The summed E-state index contributed by atoms with van der Waals surface area (Å²) in [5.74, 6) is -0.129. The fraction of sp³-hybridized carbons (Fsp3) is 0.529. The number of ether oxygens (including phenoxy) is 1. The van der Waals surface area contributed by atoms with Gasteiger partial charge in [-0.3, -0.25) is 14.6 Å². The van der Waals surface area contributed by atoms with E-state index in [0.717, 1.165) is 12.0 Å². The Bertz CT molecular complexity index is 611. The lowest BCUT2D eigenvalue weighted by atomic mass is 10.1. The highest BCUT2D eigenvalue weighted by atomic mass is 32.2. The lowest BCUT2D eigenvalue weighted by Crippen LogP contribution is -2.40. The van der Waals surface area contributed by atoms with Crippen LogP contribution in [0.2, 0.25) is 0 Å². The zero-order valence-electron chi connectivity index (χ0n) is 14.4. The van der Waals surface area contributed by atoms with Gasteiger partial charge in [0, 0.05) is 31.4 Å². The Morgan fingerprint density at radius 1 is 1.48 bits per heavy atom. The van der Waals surface area contributed by atoms with E-state index < -0.39 is 12.0 Å². The van der Waals surface area contributed by atoms with Gasteiger partial charge in [-0.05, 0) is 25.3 Å². The van der Waals surface area contributed by atoms with Crippen LogP contribution in [0, 0.1) is 0 Å². The molecule has 1 N–H and O–H groups in total. The number of pyridine rings is 1. The zero-order valence-corrected chi connectivity index (χ0v) is 15.3. The Balaban J connectivity index is 1.85. The molecule has 1 aliphatic heterocycles. The van der Waals surface area contributed by atoms with E-state index in [4.69, 9.17) is 4.74 Å². The number of nitrogens with zero attached hydrogens (tertiary/aromatic N) is 2. The molecule has 0 radical (unpaired) electrons. The number of unbranched alkanes of at least 4 members (excludes halogenated alkanes) is 1. The standard InChI is InChI=1S/C17H23N3O4S/c1-12(21)19-14(17(23)24-2)7-3-4-9-20-15(22)11-25-16(20)13-6-5-8-18-10-13/h5-6,8,10,14,16H,3-4,7,9,11H2,1-2H3,(H,19,21). The molecule has 2 rings (SSSR count). The van der Waals surface area contributed by atoms with E-state index in [1.807, 2.05) is 17.0 Å². The van der Waals surface area contributed by atoms with Crippen molar-refractivity contribution in [1.82, 2.24) is 15.2 Å². The van der Waals surface area contributed by atoms with E-state index in [-0.39, 0.29) is 17.2 Å². The Kier molecular flexibility index (Phi) is 7.24. The van der Waals surface area contributed by atoms with E-state index in [9.17, 15) is 14.4 Å². The molecular weight excluding hydrogens is 342 g/mol. The molecule has 0 spiro atoms. The van der Waals surface area contributed by atoms with Gasteiger partial charge in [0.2, 0.25) is 11.8 Å². The minimum atomic E-state index is -0.639. The average molecular weight is 365 g/mol. The average Bonchev–Trinajstić information content (AvgIpc) is 2.98. The second-order valence-corrected chi connectivity index (χ2v) is 6.88. The van der Waals surface area contributed by atoms with Crippen molar-refractivity contribution >= 4 is 29.5 Å². The van der Waals surface area contributed by atoms with Crippen molar-refractivity contribution in [1.29, 1.82) is 0 Å². The molecule has 0 aromatic carbocycles. The quantitative estimate of drug-likeness (QED) is 0.555. The first-order chi connectivity index (χ1) is 12.0. The minimum Gasteiger partial charge on any atom is -0.467 e. The van der Waals surface area contributed by atoms with Crippen molar-refractivity contribution < 1.29 is 19.1 Å². The van der Waals surface area contributed by atoms with Gasteiger partial charge in [-0.15, -0.1) is 11.8 Å². The van der Waals surface area contributed by atoms with Crippen molar-refractivity contribution in [2.45, 2.75) is 37.6 Å². The van der Waals surface area contributed by atoms with Gasteiger partial charge in [-0.25, -0.2) is 4.79 Å². The van der Waals surface area contributed by atoms with Crippen LogP contribution in [-0.2, 0) is 19.1 Å². The van der Waals surface area contributed by atoms with E-state index in [0.29, 0.717) is 25.1 Å². The highest BCUT2D eigenvalue weighted by molar-refractivity contribution is 8.00. The van der Waals surface area contributed by atoms with Crippen molar-refractivity contribution in [3.63, 3.8) is 0 Å². The highest BCUT2D eigenvalue weighted by Gasteiger charge is 2.32. The predicted octanol–water partition coefficient (Wildman–Crippen LogP) is 1.50. The third-order valence-corrected chi connectivity index (χ3v) is 5.20. The van der Waals surface area contributed by atoms with E-state index in [1.54, 1.807) is 24.2 Å². The van der Waals surface area contributed by atoms with Crippen LogP contribution in [-0.4, -0.2) is 53.1 Å². The molecule has 2 unspecified atom stereocenters. The third kappa shape index (κ3) is 5.45. The molecule has 8 heteroatoms. The van der Waals surface area contributed by atoms with Crippen LogP contribution in [0.5, 0.6) is 0 Å². The molecule has 2 atom stereocenters. The van der Waals surface area contributed by atoms with E-state index >= 15 is 0 Å². The summed E-state index contributed by atoms with van der Waals surface area (Å²) < 4.78 is 4.71. The summed E-state index contributed by atoms with van der Waals surface area (Å²) in [5, 5.41) is 2.59. The Hall–Kier alpha value is -2.09. The van der Waals surface area contributed by atoms with Gasteiger partial charge in [0.15, 0.2) is 0 Å². The van der Waals surface area contributed by atoms with Crippen LogP contribution in [0.4, 0.5) is 0 Å². The number of aromatic nitrogens is 1. The van der Waals surface area contributed by atoms with Gasteiger partial charge in [-0.1, -0.05) is 6.07 Å². The molecule has 7 nitrogen and oxygen atoms in total. The predicted molar refractivity (Wildman–Crippen MR) is 94.6 cm³/mol. The smallest absolute Gasteiger partial charge is 0.328 e. The Morgan fingerprint density at radius 2 is 2.28 bits per heavy atom. The van der Waals surface area contributed by atoms with Crippen LogP contribution in [0.3, 0.4) is 0 Å². The number of thioether (sulfide) groups is 1. The lowest BCUT2D eigenvalue weighted by molar-refractivity contribution is -0.145. The third-order valence-electron chi connectivity index (χ3n) is 3.94. The minimum absolute atomic E-state index is 0.00653. The van der Waals surface area contributed by atoms with Gasteiger partial charge in [0.25, 0.3) is 0 Å². The topological polar surface area (TPSA) is 88.6 Å². The SMILES string of the molecule is COC(=O)C(CCCCN1C(=O)CSC1c1cccnc1)NC(C)=O. The Labute approximate surface area is 151 Å². The summed E-state index contributed by atoms with van der Waals surface area (Å²) in [7, 11) is 1.30. The van der Waals surface area contributed by atoms with Crippen LogP contribution in [0.1, 0.15) is 37.1 Å². The monoisotopic (exact) mass is 365 g/mol. The number of hydrogen-bond acceptors (Lipinski definition) is 6. The molecular formula is C17H23N3O4S. The summed E-state index contributed by atoms with van der Waals surface area (Å²) in [6, 6.07) is 3.20. The van der Waals surface area contributed by atoms with E-state index in [2.05, 4.69) is 10.3 Å². The normalized spacial score (nSPS) is 18.1. The number of methoxy groups -OCH3 is 1. The molecule has 1 saturated heterocycles. The number of carbonyl (C=O) groups is 3. The molecule has 25 heavy (non-hydrogen) atoms. The van der Waals surface area contributed by atoms with Crippen molar-refractivity contribution in [3.8, 4) is 0 Å². The van der Waals surface area contributed by atoms with Crippen LogP contribution < -0.4 is 5.32 Å². The molecule has 1 aliphatic rings. The highest BCUT2D eigenvalue weighted by Crippen LogP contribution is 2.38. The Morgan fingerprint density at radius 3 is 2.92 bits per heavy atom. The molecule has 1 aromatic heterocycles. The first-order valence-corrected chi connectivity index (χ1v) is 9.23. The van der Waals surface area contributed by atoms with Crippen LogP contribution >= 0.6 is 11.8 Å². The molecule has 2 heterocycles. The summed E-state index contributed by atoms with van der Waals surface area (Å²) >= 11 is 1.60. The molecule has 2 amide bonds. The largest absolute Gasteiger partial charge is 0.467 e. The molecule has 0 saturated carbocycles. The molecule has 0 aliphatic carbocycles. The maximum absolute atomic E-state index is 12.1. The van der Waals surface area contributed by atoms with Gasteiger partial charge >= 0.3 is 5.97 Å². The fourth-order valence-corrected chi connectivity index (χ4v) is 3.96. The van der Waals surface area contributed by atoms with Crippen molar-refractivity contribution in [3.05, 3.63) is 30.1 Å². The number of hydrogen-bond donors (Lipinski definition) is 1. The van der Waals surface area contributed by atoms with Crippen LogP contribution in [0.25, 0.3) is 0 Å². The molecule has 136 valence electrons. The zero-order chi connectivity index (χ0) is 18.2. The lowest BCUT2D eigenvalue weighted by Gasteiger charge is -2.24. The van der Waals surface area contributed by atoms with Gasteiger partial charge in [0.1, 0.15) is 11.4 Å². The molecule has 1 fully saturated rings. The summed E-state index contributed by atoms with van der Waals surface area (Å²) in [4.78, 5) is 41.0. The van der Waals surface area contributed by atoms with Gasteiger partial charge < -0.3 is 15.0 Å². The second kappa shape index (κ2) is 9.41. The van der Waals surface area contributed by atoms with Gasteiger partial charge in [0.05, 0.1) is 12.9 Å². The number of amides is 2. The number of rotatable bonds is 8. The first-order valence-electron chi connectivity index (χ1n) is 8.19. The first kappa shape index (κ1) is 19.2. The maximum atomic E-state index is 12.1. The van der Waals surface area contributed by atoms with Crippen molar-refractivity contribution in [2.24, 2.45) is 0 Å². The second-order valence-electron chi connectivity index (χ2n) is 5.81. The van der Waals surface area contributed by atoms with E-state index in [1.165, 1.54) is 14.0 Å². The maximum Gasteiger partial charge on any atom is 0.328 e. The number of esters is 1. The number of nitrogens with one attached hydrogen (secondary N) is 1. The summed E-state index contributed by atoms with van der Waals surface area (Å²) in [6.07, 6.45) is 5.43. The molecule has 1 aromatic rings. The number of carbonyl (C=O) groups excluding carboxylic acids is 3. The van der Waals surface area contributed by atoms with Crippen molar-refractivity contribution in [2.75, 3.05) is 19.4 Å². The fourth-order valence-electron chi connectivity index (χ4n) is 2.76. The van der Waals surface area contributed by atoms with Crippen LogP contribution in [0.15, 0.2) is 24.5 Å². The summed E-state index contributed by atoms with van der Waals surface area (Å²) in [6.45, 7) is 1.98. The molecule has 0 bridgehead atoms.